The number of nitrogens with one attached hydrogen (secondary N) is 1. The predicted molar refractivity (Wildman–Crippen MR) is 77.9 cm³/mol. The van der Waals surface area contributed by atoms with Gasteiger partial charge in [-0.1, -0.05) is 6.92 Å². The van der Waals surface area contributed by atoms with E-state index >= 15 is 0 Å². The van der Waals surface area contributed by atoms with Crippen molar-refractivity contribution >= 4 is 15.9 Å². The van der Waals surface area contributed by atoms with Crippen LogP contribution < -0.4 is 5.32 Å². The van der Waals surface area contributed by atoms with Crippen LogP contribution in [0.4, 0.5) is 0 Å². The Balaban J connectivity index is 2.46. The summed E-state index contributed by atoms with van der Waals surface area (Å²) in [6, 6.07) is 0.118. The monoisotopic (exact) mass is 306 g/mol. The number of ether oxygens (including phenoxy) is 1. The molecule has 1 saturated heterocycles. The van der Waals surface area contributed by atoms with Gasteiger partial charge in [-0.15, -0.1) is 0 Å². The molecule has 1 fully saturated rings. The Bertz CT molecular complexity index is 405. The van der Waals surface area contributed by atoms with E-state index < -0.39 is 10.0 Å². The summed E-state index contributed by atoms with van der Waals surface area (Å²) in [6.07, 6.45) is 4.03. The lowest BCUT2D eigenvalue weighted by atomic mass is 10.2. The zero-order chi connectivity index (χ0) is 15.2. The third kappa shape index (κ3) is 6.19. The zero-order valence-electron chi connectivity index (χ0n) is 12.6. The minimum absolute atomic E-state index is 0.0395. The summed E-state index contributed by atoms with van der Waals surface area (Å²) in [4.78, 5) is 11.7. The van der Waals surface area contributed by atoms with E-state index in [1.807, 2.05) is 13.8 Å². The van der Waals surface area contributed by atoms with E-state index in [9.17, 15) is 13.2 Å². The molecule has 1 amide bonds. The summed E-state index contributed by atoms with van der Waals surface area (Å²) in [5.41, 5.74) is 0. The molecule has 0 aromatic heterocycles. The maximum atomic E-state index is 11.7. The van der Waals surface area contributed by atoms with E-state index in [0.29, 0.717) is 13.2 Å². The smallest absolute Gasteiger partial charge is 0.221 e. The van der Waals surface area contributed by atoms with Crippen molar-refractivity contribution in [2.45, 2.75) is 51.7 Å². The van der Waals surface area contributed by atoms with Crippen LogP contribution in [0.5, 0.6) is 0 Å². The number of nitrogens with zero attached hydrogens (tertiary/aromatic N) is 1. The largest absolute Gasteiger partial charge is 0.377 e. The van der Waals surface area contributed by atoms with Gasteiger partial charge >= 0.3 is 0 Å². The van der Waals surface area contributed by atoms with Gasteiger partial charge in [-0.3, -0.25) is 4.79 Å². The molecular formula is C13H26N2O4S. The summed E-state index contributed by atoms with van der Waals surface area (Å²) in [7, 11) is -3.31. The molecule has 0 radical (unpaired) electrons. The van der Waals surface area contributed by atoms with E-state index in [2.05, 4.69) is 5.32 Å². The maximum absolute atomic E-state index is 11.7. The molecule has 1 heterocycles. The molecule has 1 rings (SSSR count). The topological polar surface area (TPSA) is 75.7 Å². The first-order valence-corrected chi connectivity index (χ1v) is 9.03. The standard InChI is InChI=1S/C13H26N2O4S/c1-4-11(2)14-13(16)7-8-15(20(3,17)18)10-12-6-5-9-19-12/h11-12H,4-10H2,1-3H3,(H,14,16). The second-order valence-corrected chi connectivity index (χ2v) is 7.37. The third-order valence-electron chi connectivity index (χ3n) is 3.51. The fraction of sp³-hybridized carbons (Fsp3) is 0.923. The fourth-order valence-corrected chi connectivity index (χ4v) is 2.94. The highest BCUT2D eigenvalue weighted by atomic mass is 32.2. The van der Waals surface area contributed by atoms with Crippen molar-refractivity contribution in [2.24, 2.45) is 0 Å². The van der Waals surface area contributed by atoms with Gasteiger partial charge in [0, 0.05) is 32.2 Å². The van der Waals surface area contributed by atoms with Gasteiger partial charge in [0.1, 0.15) is 0 Å². The van der Waals surface area contributed by atoms with Gasteiger partial charge < -0.3 is 10.1 Å². The van der Waals surface area contributed by atoms with Crippen molar-refractivity contribution < 1.29 is 17.9 Å². The Morgan fingerprint density at radius 2 is 2.20 bits per heavy atom. The van der Waals surface area contributed by atoms with Crippen LogP contribution >= 0.6 is 0 Å². The van der Waals surface area contributed by atoms with Crippen LogP contribution in [0.1, 0.15) is 39.5 Å². The number of carbonyl (C=O) groups excluding carboxylic acids is 1. The van der Waals surface area contributed by atoms with Crippen molar-refractivity contribution in [1.29, 1.82) is 0 Å². The molecule has 0 aromatic rings. The van der Waals surface area contributed by atoms with Crippen LogP contribution in [0.3, 0.4) is 0 Å². The van der Waals surface area contributed by atoms with E-state index in [0.717, 1.165) is 19.3 Å². The van der Waals surface area contributed by atoms with Crippen LogP contribution in [-0.2, 0) is 19.6 Å². The lowest BCUT2D eigenvalue weighted by Gasteiger charge is -2.23. The molecule has 1 N–H and O–H groups in total. The fourth-order valence-electron chi connectivity index (χ4n) is 2.08. The molecule has 1 aliphatic heterocycles. The average Bonchev–Trinajstić information content (AvgIpc) is 2.85. The Morgan fingerprint density at radius 3 is 2.70 bits per heavy atom. The second-order valence-electron chi connectivity index (χ2n) is 5.38. The second kappa shape index (κ2) is 7.95. The van der Waals surface area contributed by atoms with E-state index in [-0.39, 0.29) is 31.0 Å². The summed E-state index contributed by atoms with van der Waals surface area (Å²) in [6.45, 7) is 5.16. The van der Waals surface area contributed by atoms with E-state index in [4.69, 9.17) is 4.74 Å². The predicted octanol–water partition coefficient (Wildman–Crippen LogP) is 0.732. The summed E-state index contributed by atoms with van der Waals surface area (Å²) < 4.78 is 30.3. The molecule has 2 atom stereocenters. The first kappa shape index (κ1) is 17.4. The van der Waals surface area contributed by atoms with Gasteiger partial charge in [0.25, 0.3) is 0 Å². The van der Waals surface area contributed by atoms with Crippen LogP contribution in [0.2, 0.25) is 0 Å². The first-order chi connectivity index (χ1) is 9.32. The minimum atomic E-state index is -3.31. The van der Waals surface area contributed by atoms with Crippen molar-refractivity contribution in [1.82, 2.24) is 9.62 Å². The third-order valence-corrected chi connectivity index (χ3v) is 4.78. The van der Waals surface area contributed by atoms with Crippen LogP contribution in [-0.4, -0.2) is 56.7 Å². The molecule has 7 heteroatoms. The van der Waals surface area contributed by atoms with Crippen LogP contribution in [0, 0.1) is 0 Å². The molecule has 0 spiro atoms. The van der Waals surface area contributed by atoms with Gasteiger partial charge in [-0.05, 0) is 26.2 Å². The highest BCUT2D eigenvalue weighted by Gasteiger charge is 2.25. The molecule has 20 heavy (non-hydrogen) atoms. The Morgan fingerprint density at radius 1 is 1.50 bits per heavy atom. The molecule has 1 aliphatic rings. The molecule has 0 aliphatic carbocycles. The zero-order valence-corrected chi connectivity index (χ0v) is 13.4. The molecule has 0 aromatic carbocycles. The molecule has 118 valence electrons. The summed E-state index contributed by atoms with van der Waals surface area (Å²) >= 11 is 0. The number of sulfonamides is 1. The number of amides is 1. The quantitative estimate of drug-likeness (QED) is 0.717. The number of hydrogen-bond donors (Lipinski definition) is 1. The van der Waals surface area contributed by atoms with Crippen LogP contribution in [0.15, 0.2) is 0 Å². The molecule has 0 saturated carbocycles. The number of carbonyl (C=O) groups is 1. The van der Waals surface area contributed by atoms with Gasteiger partial charge in [0.05, 0.1) is 12.4 Å². The maximum Gasteiger partial charge on any atom is 0.221 e. The van der Waals surface area contributed by atoms with Gasteiger partial charge in [0.2, 0.25) is 15.9 Å². The van der Waals surface area contributed by atoms with Crippen molar-refractivity contribution in [3.8, 4) is 0 Å². The van der Waals surface area contributed by atoms with Crippen molar-refractivity contribution in [3.05, 3.63) is 0 Å². The van der Waals surface area contributed by atoms with E-state index in [1.165, 1.54) is 10.6 Å². The average molecular weight is 306 g/mol. The Kier molecular flexibility index (Phi) is 6.91. The molecule has 0 bridgehead atoms. The van der Waals surface area contributed by atoms with Crippen molar-refractivity contribution in [3.63, 3.8) is 0 Å². The normalized spacial score (nSPS) is 21.1. The van der Waals surface area contributed by atoms with Crippen LogP contribution in [0.25, 0.3) is 0 Å². The number of rotatable bonds is 8. The van der Waals surface area contributed by atoms with Gasteiger partial charge in [-0.25, -0.2) is 8.42 Å². The van der Waals surface area contributed by atoms with E-state index in [1.54, 1.807) is 0 Å². The Labute approximate surface area is 121 Å². The highest BCUT2D eigenvalue weighted by Crippen LogP contribution is 2.15. The highest BCUT2D eigenvalue weighted by molar-refractivity contribution is 7.88. The van der Waals surface area contributed by atoms with Gasteiger partial charge in [-0.2, -0.15) is 4.31 Å². The minimum Gasteiger partial charge on any atom is -0.377 e. The summed E-state index contributed by atoms with van der Waals surface area (Å²) in [5, 5.41) is 2.84. The SMILES string of the molecule is CCC(C)NC(=O)CCN(CC1CCCO1)S(C)(=O)=O. The molecular weight excluding hydrogens is 280 g/mol. The molecule has 2 unspecified atom stereocenters. The number of hydrogen-bond acceptors (Lipinski definition) is 4. The Hall–Kier alpha value is -0.660. The van der Waals surface area contributed by atoms with Crippen molar-refractivity contribution in [2.75, 3.05) is 26.0 Å². The van der Waals surface area contributed by atoms with Gasteiger partial charge in [0.15, 0.2) is 0 Å². The lowest BCUT2D eigenvalue weighted by Crippen LogP contribution is -2.40. The molecule has 6 nitrogen and oxygen atoms in total. The summed E-state index contributed by atoms with van der Waals surface area (Å²) in [5.74, 6) is -0.111. The first-order valence-electron chi connectivity index (χ1n) is 7.19. The lowest BCUT2D eigenvalue weighted by molar-refractivity contribution is -0.121.